The normalized spacial score (nSPS) is 13.4. The molecule has 6 N–H and O–H groups in total. The SMILES string of the molecule is CCC(C)C(N)C(=O)Nc1cccc(NC(N)=O)c1. The van der Waals surface area contributed by atoms with Gasteiger partial charge in [-0.1, -0.05) is 26.3 Å². The number of carbonyl (C=O) groups is 2. The summed E-state index contributed by atoms with van der Waals surface area (Å²) in [6.45, 7) is 3.91. The fourth-order valence-electron chi connectivity index (χ4n) is 1.55. The fourth-order valence-corrected chi connectivity index (χ4v) is 1.55. The molecule has 0 aliphatic rings. The molecule has 0 saturated carbocycles. The zero-order valence-electron chi connectivity index (χ0n) is 11.1. The minimum atomic E-state index is -0.653. The molecule has 0 radical (unpaired) electrons. The maximum atomic E-state index is 11.9. The summed E-state index contributed by atoms with van der Waals surface area (Å²) >= 11 is 0. The molecule has 2 unspecified atom stereocenters. The van der Waals surface area contributed by atoms with Crippen molar-refractivity contribution in [3.05, 3.63) is 24.3 Å². The minimum absolute atomic E-state index is 0.104. The van der Waals surface area contributed by atoms with Crippen molar-refractivity contribution in [2.24, 2.45) is 17.4 Å². The van der Waals surface area contributed by atoms with Gasteiger partial charge in [0.15, 0.2) is 0 Å². The van der Waals surface area contributed by atoms with Crippen molar-refractivity contribution in [2.45, 2.75) is 26.3 Å². The lowest BCUT2D eigenvalue weighted by Crippen LogP contribution is -2.40. The Labute approximate surface area is 112 Å². The molecule has 1 rings (SSSR count). The molecule has 2 atom stereocenters. The molecular formula is C13H20N4O2. The molecule has 0 heterocycles. The quantitative estimate of drug-likeness (QED) is 0.646. The highest BCUT2D eigenvalue weighted by atomic mass is 16.2. The Bertz CT molecular complexity index is 462. The Morgan fingerprint density at radius 3 is 2.37 bits per heavy atom. The van der Waals surface area contributed by atoms with Crippen LogP contribution >= 0.6 is 0 Å². The second-order valence-electron chi connectivity index (χ2n) is 4.47. The Balaban J connectivity index is 2.71. The Kier molecular flexibility index (Phi) is 5.32. The number of primary amides is 1. The molecule has 19 heavy (non-hydrogen) atoms. The maximum Gasteiger partial charge on any atom is 0.316 e. The molecule has 0 aliphatic heterocycles. The van der Waals surface area contributed by atoms with E-state index in [9.17, 15) is 9.59 Å². The fraction of sp³-hybridized carbons (Fsp3) is 0.385. The predicted molar refractivity (Wildman–Crippen MR) is 75.7 cm³/mol. The van der Waals surface area contributed by atoms with E-state index in [1.807, 2.05) is 13.8 Å². The lowest BCUT2D eigenvalue weighted by molar-refractivity contribution is -0.118. The third-order valence-corrected chi connectivity index (χ3v) is 2.96. The molecule has 104 valence electrons. The van der Waals surface area contributed by atoms with E-state index in [1.54, 1.807) is 24.3 Å². The van der Waals surface area contributed by atoms with Gasteiger partial charge in [-0.2, -0.15) is 0 Å². The summed E-state index contributed by atoms with van der Waals surface area (Å²) in [5.74, 6) is -0.141. The van der Waals surface area contributed by atoms with Crippen LogP contribution < -0.4 is 22.1 Å². The molecule has 0 fully saturated rings. The summed E-state index contributed by atoms with van der Waals surface area (Å²) < 4.78 is 0. The van der Waals surface area contributed by atoms with Crippen LogP contribution in [0.3, 0.4) is 0 Å². The van der Waals surface area contributed by atoms with Crippen LogP contribution in [0.5, 0.6) is 0 Å². The highest BCUT2D eigenvalue weighted by Crippen LogP contribution is 2.16. The summed E-state index contributed by atoms with van der Waals surface area (Å²) in [5.41, 5.74) is 11.9. The third-order valence-electron chi connectivity index (χ3n) is 2.96. The van der Waals surface area contributed by atoms with Crippen molar-refractivity contribution < 1.29 is 9.59 Å². The summed E-state index contributed by atoms with van der Waals surface area (Å²) in [7, 11) is 0. The molecule has 0 aliphatic carbocycles. The van der Waals surface area contributed by atoms with Crippen LogP contribution in [0.2, 0.25) is 0 Å². The minimum Gasteiger partial charge on any atom is -0.351 e. The van der Waals surface area contributed by atoms with Crippen LogP contribution in [-0.4, -0.2) is 18.0 Å². The number of urea groups is 1. The highest BCUT2D eigenvalue weighted by molar-refractivity contribution is 5.96. The average Bonchev–Trinajstić information content (AvgIpc) is 2.36. The number of nitrogens with one attached hydrogen (secondary N) is 2. The van der Waals surface area contributed by atoms with Gasteiger partial charge in [0, 0.05) is 11.4 Å². The highest BCUT2D eigenvalue weighted by Gasteiger charge is 2.19. The topological polar surface area (TPSA) is 110 Å². The Morgan fingerprint density at radius 1 is 1.26 bits per heavy atom. The largest absolute Gasteiger partial charge is 0.351 e. The average molecular weight is 264 g/mol. The Morgan fingerprint density at radius 2 is 1.84 bits per heavy atom. The molecule has 0 bridgehead atoms. The van der Waals surface area contributed by atoms with Crippen molar-refractivity contribution in [3.8, 4) is 0 Å². The van der Waals surface area contributed by atoms with Gasteiger partial charge in [-0.15, -0.1) is 0 Å². The predicted octanol–water partition coefficient (Wildman–Crippen LogP) is 1.49. The number of carbonyl (C=O) groups excluding carboxylic acids is 2. The second-order valence-corrected chi connectivity index (χ2v) is 4.47. The van der Waals surface area contributed by atoms with E-state index in [0.29, 0.717) is 11.4 Å². The van der Waals surface area contributed by atoms with Crippen molar-refractivity contribution >= 4 is 23.3 Å². The van der Waals surface area contributed by atoms with Gasteiger partial charge in [-0.3, -0.25) is 4.79 Å². The number of rotatable bonds is 5. The van der Waals surface area contributed by atoms with Crippen LogP contribution in [-0.2, 0) is 4.79 Å². The number of amides is 3. The van der Waals surface area contributed by atoms with Gasteiger partial charge in [-0.05, 0) is 24.1 Å². The number of anilines is 2. The van der Waals surface area contributed by atoms with Crippen LogP contribution in [0.4, 0.5) is 16.2 Å². The number of nitrogens with two attached hydrogens (primary N) is 2. The van der Waals surface area contributed by atoms with Crippen LogP contribution in [0.1, 0.15) is 20.3 Å². The molecule has 1 aromatic carbocycles. The van der Waals surface area contributed by atoms with Crippen molar-refractivity contribution in [1.82, 2.24) is 0 Å². The van der Waals surface area contributed by atoms with E-state index < -0.39 is 12.1 Å². The van der Waals surface area contributed by atoms with Crippen LogP contribution in [0, 0.1) is 5.92 Å². The van der Waals surface area contributed by atoms with Crippen LogP contribution in [0.15, 0.2) is 24.3 Å². The first-order valence-corrected chi connectivity index (χ1v) is 6.17. The van der Waals surface area contributed by atoms with Gasteiger partial charge in [0.2, 0.25) is 5.91 Å². The summed E-state index contributed by atoms with van der Waals surface area (Å²) in [4.78, 5) is 22.6. The molecule has 0 saturated heterocycles. The van der Waals surface area contributed by atoms with Gasteiger partial charge < -0.3 is 22.1 Å². The summed E-state index contributed by atoms with van der Waals surface area (Å²) in [6.07, 6.45) is 0.831. The second kappa shape index (κ2) is 6.75. The first-order chi connectivity index (χ1) is 8.93. The van der Waals surface area contributed by atoms with E-state index in [4.69, 9.17) is 11.5 Å². The molecule has 0 spiro atoms. The number of hydrogen-bond donors (Lipinski definition) is 4. The third kappa shape index (κ3) is 4.59. The Hall–Kier alpha value is -2.08. The lowest BCUT2D eigenvalue weighted by Gasteiger charge is -2.18. The van der Waals surface area contributed by atoms with Gasteiger partial charge in [0.1, 0.15) is 0 Å². The first-order valence-electron chi connectivity index (χ1n) is 6.17. The summed E-state index contributed by atoms with van der Waals surface area (Å²) in [6, 6.07) is 5.50. The number of hydrogen-bond acceptors (Lipinski definition) is 3. The van der Waals surface area contributed by atoms with E-state index in [1.165, 1.54) is 0 Å². The zero-order chi connectivity index (χ0) is 14.4. The molecule has 3 amide bonds. The van der Waals surface area contributed by atoms with Crippen molar-refractivity contribution in [1.29, 1.82) is 0 Å². The molecule has 6 heteroatoms. The maximum absolute atomic E-state index is 11.9. The van der Waals surface area contributed by atoms with Crippen molar-refractivity contribution in [2.75, 3.05) is 10.6 Å². The molecule has 0 aromatic heterocycles. The molecule has 6 nitrogen and oxygen atoms in total. The molecular weight excluding hydrogens is 244 g/mol. The van der Waals surface area contributed by atoms with Gasteiger partial charge in [0.25, 0.3) is 0 Å². The monoisotopic (exact) mass is 264 g/mol. The number of benzene rings is 1. The van der Waals surface area contributed by atoms with E-state index >= 15 is 0 Å². The summed E-state index contributed by atoms with van der Waals surface area (Å²) in [5, 5.41) is 5.15. The smallest absolute Gasteiger partial charge is 0.316 e. The van der Waals surface area contributed by atoms with E-state index in [2.05, 4.69) is 10.6 Å². The van der Waals surface area contributed by atoms with Crippen molar-refractivity contribution in [3.63, 3.8) is 0 Å². The lowest BCUT2D eigenvalue weighted by atomic mass is 9.99. The van der Waals surface area contributed by atoms with E-state index in [-0.39, 0.29) is 11.8 Å². The first kappa shape index (κ1) is 15.0. The van der Waals surface area contributed by atoms with Gasteiger partial charge in [0.05, 0.1) is 6.04 Å². The van der Waals surface area contributed by atoms with Crippen LogP contribution in [0.25, 0.3) is 0 Å². The van der Waals surface area contributed by atoms with E-state index in [0.717, 1.165) is 6.42 Å². The standard InChI is InChI=1S/C13H20N4O2/c1-3-8(2)11(14)12(18)16-9-5-4-6-10(7-9)17-13(15)19/h4-8,11H,3,14H2,1-2H3,(H,16,18)(H3,15,17,19). The van der Waals surface area contributed by atoms with Gasteiger partial charge in [-0.25, -0.2) is 4.79 Å². The molecule has 1 aromatic rings. The van der Waals surface area contributed by atoms with Gasteiger partial charge >= 0.3 is 6.03 Å². The zero-order valence-corrected chi connectivity index (χ0v) is 11.1.